The number of hydrogen-bond donors (Lipinski definition) is 0. The Morgan fingerprint density at radius 2 is 1.73 bits per heavy atom. The lowest BCUT2D eigenvalue weighted by molar-refractivity contribution is 0.242. The Bertz CT molecular complexity index is 890. The van der Waals surface area contributed by atoms with Gasteiger partial charge < -0.3 is 9.42 Å². The third-order valence-corrected chi connectivity index (χ3v) is 4.98. The lowest BCUT2D eigenvalue weighted by Gasteiger charge is -2.35. The summed E-state index contributed by atoms with van der Waals surface area (Å²) in [6.45, 7) is 3.98. The predicted octanol–water partition coefficient (Wildman–Crippen LogP) is 4.46. The normalized spacial score (nSPS) is 15.4. The molecule has 1 aliphatic rings. The second-order valence-corrected chi connectivity index (χ2v) is 6.78. The fourth-order valence-corrected chi connectivity index (χ4v) is 3.49. The van der Waals surface area contributed by atoms with Gasteiger partial charge in [0, 0.05) is 44.4 Å². The van der Waals surface area contributed by atoms with Crippen LogP contribution < -0.4 is 4.90 Å². The highest BCUT2D eigenvalue weighted by molar-refractivity contribution is 6.33. The second kappa shape index (κ2) is 7.48. The van der Waals surface area contributed by atoms with Crippen LogP contribution in [-0.4, -0.2) is 36.2 Å². The number of para-hydroxylation sites is 1. The molecule has 1 fully saturated rings. The Labute approximate surface area is 156 Å². The molecule has 6 heteroatoms. The highest BCUT2D eigenvalue weighted by Crippen LogP contribution is 2.28. The van der Waals surface area contributed by atoms with Crippen molar-refractivity contribution in [1.82, 2.24) is 10.1 Å². The van der Waals surface area contributed by atoms with Crippen molar-refractivity contribution in [2.45, 2.75) is 6.54 Å². The maximum Gasteiger partial charge on any atom is 0.168 e. The molecule has 1 aliphatic heterocycles. The van der Waals surface area contributed by atoms with Crippen LogP contribution >= 0.6 is 11.6 Å². The molecule has 4 nitrogen and oxygen atoms in total. The van der Waals surface area contributed by atoms with E-state index in [-0.39, 0.29) is 5.82 Å². The van der Waals surface area contributed by atoms with E-state index in [9.17, 15) is 4.39 Å². The van der Waals surface area contributed by atoms with E-state index >= 15 is 0 Å². The van der Waals surface area contributed by atoms with E-state index in [1.54, 1.807) is 6.07 Å². The Hall–Kier alpha value is -2.37. The van der Waals surface area contributed by atoms with Crippen LogP contribution in [0.25, 0.3) is 11.3 Å². The maximum atomic E-state index is 13.9. The Kier molecular flexibility index (Phi) is 4.91. The summed E-state index contributed by atoms with van der Waals surface area (Å²) in [6, 6.07) is 16.4. The molecule has 0 bridgehead atoms. The van der Waals surface area contributed by atoms with Crippen LogP contribution in [0.2, 0.25) is 5.02 Å². The molecule has 3 aromatic rings. The lowest BCUT2D eigenvalue weighted by atomic mass is 10.1. The van der Waals surface area contributed by atoms with Crippen molar-refractivity contribution in [3.05, 3.63) is 71.1 Å². The van der Waals surface area contributed by atoms with E-state index in [1.807, 2.05) is 42.5 Å². The van der Waals surface area contributed by atoms with E-state index in [1.165, 1.54) is 6.07 Å². The molecule has 0 amide bonds. The number of nitrogens with zero attached hydrogens (tertiary/aromatic N) is 3. The van der Waals surface area contributed by atoms with Gasteiger partial charge in [0.25, 0.3) is 0 Å². The van der Waals surface area contributed by atoms with Crippen molar-refractivity contribution in [3.63, 3.8) is 0 Å². The number of piperazine rings is 1. The predicted molar refractivity (Wildman–Crippen MR) is 101 cm³/mol. The van der Waals surface area contributed by atoms with E-state index in [0.29, 0.717) is 23.0 Å². The Morgan fingerprint density at radius 3 is 2.50 bits per heavy atom. The van der Waals surface area contributed by atoms with Gasteiger partial charge in [0.1, 0.15) is 5.82 Å². The molecular weight excluding hydrogens is 353 g/mol. The molecule has 4 rings (SSSR count). The summed E-state index contributed by atoms with van der Waals surface area (Å²) in [6.07, 6.45) is 0. The number of aromatic nitrogens is 1. The zero-order valence-corrected chi connectivity index (χ0v) is 15.0. The second-order valence-electron chi connectivity index (χ2n) is 6.38. The molecule has 0 saturated carbocycles. The fraction of sp³-hybridized carbons (Fsp3) is 0.250. The van der Waals surface area contributed by atoms with Gasteiger partial charge in [-0.3, -0.25) is 4.90 Å². The Balaban J connectivity index is 1.38. The van der Waals surface area contributed by atoms with Crippen LogP contribution in [-0.2, 0) is 6.54 Å². The molecule has 0 spiro atoms. The van der Waals surface area contributed by atoms with E-state index in [4.69, 9.17) is 16.1 Å². The molecule has 2 heterocycles. The number of halogens is 2. The number of rotatable bonds is 4. The lowest BCUT2D eigenvalue weighted by Crippen LogP contribution is -2.46. The third kappa shape index (κ3) is 3.59. The van der Waals surface area contributed by atoms with Gasteiger partial charge in [-0.2, -0.15) is 0 Å². The van der Waals surface area contributed by atoms with Crippen molar-refractivity contribution >= 4 is 17.3 Å². The summed E-state index contributed by atoms with van der Waals surface area (Å²) in [5.41, 5.74) is 2.39. The molecular formula is C20H19ClFN3O. The molecule has 0 aliphatic carbocycles. The highest BCUT2D eigenvalue weighted by Gasteiger charge is 2.20. The van der Waals surface area contributed by atoms with Gasteiger partial charge in [0.15, 0.2) is 5.76 Å². The molecule has 0 N–H and O–H groups in total. The monoisotopic (exact) mass is 371 g/mol. The van der Waals surface area contributed by atoms with Crippen molar-refractivity contribution in [2.24, 2.45) is 0 Å². The van der Waals surface area contributed by atoms with Crippen molar-refractivity contribution in [1.29, 1.82) is 0 Å². The van der Waals surface area contributed by atoms with Gasteiger partial charge in [0.2, 0.25) is 0 Å². The van der Waals surface area contributed by atoms with Crippen molar-refractivity contribution in [3.8, 4) is 11.3 Å². The first-order chi connectivity index (χ1) is 12.7. The summed E-state index contributed by atoms with van der Waals surface area (Å²) in [5.74, 6) is 0.512. The molecule has 0 radical (unpaired) electrons. The zero-order chi connectivity index (χ0) is 17.9. The number of hydrogen-bond acceptors (Lipinski definition) is 4. The Morgan fingerprint density at radius 1 is 1.00 bits per heavy atom. The topological polar surface area (TPSA) is 32.5 Å². The first-order valence-corrected chi connectivity index (χ1v) is 9.01. The molecule has 1 saturated heterocycles. The standard InChI is InChI=1S/C20H19ClFN3O/c21-17-6-2-1-5-16(17)20-13-15(23-26-20)14-24-9-11-25(12-10-24)19-8-4-3-7-18(19)22/h1-8,13H,9-12,14H2. The van der Waals surface area contributed by atoms with Crippen LogP contribution in [0.3, 0.4) is 0 Å². The van der Waals surface area contributed by atoms with Gasteiger partial charge in [0.05, 0.1) is 16.4 Å². The van der Waals surface area contributed by atoms with E-state index in [2.05, 4.69) is 15.0 Å². The van der Waals surface area contributed by atoms with Gasteiger partial charge >= 0.3 is 0 Å². The molecule has 0 unspecified atom stereocenters. The maximum absolute atomic E-state index is 13.9. The molecule has 26 heavy (non-hydrogen) atoms. The smallest absolute Gasteiger partial charge is 0.168 e. The van der Waals surface area contributed by atoms with Crippen LogP contribution in [0, 0.1) is 5.82 Å². The minimum Gasteiger partial charge on any atom is -0.367 e. The summed E-state index contributed by atoms with van der Waals surface area (Å²) in [7, 11) is 0. The van der Waals surface area contributed by atoms with E-state index in [0.717, 1.165) is 37.4 Å². The van der Waals surface area contributed by atoms with Gasteiger partial charge in [-0.1, -0.05) is 41.0 Å². The SMILES string of the molecule is Fc1ccccc1N1CCN(Cc2cc(-c3ccccc3Cl)on2)CC1. The van der Waals surface area contributed by atoms with Crippen molar-refractivity contribution in [2.75, 3.05) is 31.1 Å². The van der Waals surface area contributed by atoms with Crippen LogP contribution in [0.5, 0.6) is 0 Å². The molecule has 134 valence electrons. The van der Waals surface area contributed by atoms with Crippen molar-refractivity contribution < 1.29 is 8.91 Å². The van der Waals surface area contributed by atoms with Gasteiger partial charge in [-0.05, 0) is 24.3 Å². The average Bonchev–Trinajstić information content (AvgIpc) is 3.11. The summed E-state index contributed by atoms with van der Waals surface area (Å²) < 4.78 is 19.4. The van der Waals surface area contributed by atoms with Crippen LogP contribution in [0.1, 0.15) is 5.69 Å². The molecule has 0 atom stereocenters. The molecule has 1 aromatic heterocycles. The van der Waals surface area contributed by atoms with Crippen LogP contribution in [0.15, 0.2) is 59.1 Å². The first kappa shape index (κ1) is 17.1. The third-order valence-electron chi connectivity index (χ3n) is 4.65. The number of anilines is 1. The average molecular weight is 372 g/mol. The van der Waals surface area contributed by atoms with E-state index < -0.39 is 0 Å². The molecule has 2 aromatic carbocycles. The number of benzene rings is 2. The largest absolute Gasteiger partial charge is 0.367 e. The first-order valence-electron chi connectivity index (χ1n) is 8.63. The zero-order valence-electron chi connectivity index (χ0n) is 14.2. The quantitative estimate of drug-likeness (QED) is 0.678. The summed E-state index contributed by atoms with van der Waals surface area (Å²) in [4.78, 5) is 4.38. The summed E-state index contributed by atoms with van der Waals surface area (Å²) in [5, 5.41) is 4.82. The fourth-order valence-electron chi connectivity index (χ4n) is 3.26. The highest BCUT2D eigenvalue weighted by atomic mass is 35.5. The van der Waals surface area contributed by atoms with Crippen LogP contribution in [0.4, 0.5) is 10.1 Å². The minimum absolute atomic E-state index is 0.165. The van der Waals surface area contributed by atoms with Gasteiger partial charge in [-0.15, -0.1) is 0 Å². The van der Waals surface area contributed by atoms with Gasteiger partial charge in [-0.25, -0.2) is 4.39 Å². The minimum atomic E-state index is -0.165. The summed E-state index contributed by atoms with van der Waals surface area (Å²) >= 11 is 6.21.